The molecule has 0 aromatic carbocycles. The van der Waals surface area contributed by atoms with Crippen LogP contribution in [0.25, 0.3) is 0 Å². The zero-order valence-electron chi connectivity index (χ0n) is 38.6. The first-order valence-electron chi connectivity index (χ1n) is 24.5. The van der Waals surface area contributed by atoms with Gasteiger partial charge in [-0.05, 0) is 38.8 Å². The second-order valence-electron chi connectivity index (χ2n) is 16.3. The molecule has 0 rings (SSSR count). The van der Waals surface area contributed by atoms with Crippen LogP contribution in [-0.4, -0.2) is 88.6 Å². The maximum Gasteiger partial charge on any atom is 0.508 e. The van der Waals surface area contributed by atoms with Crippen LogP contribution in [0.15, 0.2) is 0 Å². The Balaban J connectivity index is 4.82. The lowest BCUT2D eigenvalue weighted by Gasteiger charge is -2.20. The third kappa shape index (κ3) is 39.5. The Morgan fingerprint density at radius 1 is 0.414 bits per heavy atom. The van der Waals surface area contributed by atoms with Gasteiger partial charge in [-0.25, -0.2) is 4.79 Å². The van der Waals surface area contributed by atoms with Crippen LogP contribution in [0.2, 0.25) is 0 Å². The predicted molar refractivity (Wildman–Crippen MR) is 237 cm³/mol. The molecular weight excluding hydrogens is 735 g/mol. The Labute approximate surface area is 357 Å². The zero-order chi connectivity index (χ0) is 42.6. The molecule has 0 heterocycles. The van der Waals surface area contributed by atoms with Crippen LogP contribution in [0.3, 0.4) is 0 Å². The van der Waals surface area contributed by atoms with Crippen molar-refractivity contribution in [1.29, 1.82) is 0 Å². The average molecular weight is 828 g/mol. The fourth-order valence-corrected chi connectivity index (χ4v) is 6.85. The molecule has 0 N–H and O–H groups in total. The molecule has 1 atom stereocenters. The Morgan fingerprint density at radius 2 is 0.810 bits per heavy atom. The van der Waals surface area contributed by atoms with E-state index >= 15 is 0 Å². The van der Waals surface area contributed by atoms with Crippen molar-refractivity contribution in [2.24, 2.45) is 5.92 Å². The van der Waals surface area contributed by atoms with E-state index in [-0.39, 0.29) is 38.8 Å². The summed E-state index contributed by atoms with van der Waals surface area (Å²) in [5.74, 6) is -1.18. The molecular formula is C48H93NO9. The van der Waals surface area contributed by atoms with E-state index in [1.807, 2.05) is 0 Å². The van der Waals surface area contributed by atoms with Gasteiger partial charge in [-0.2, -0.15) is 0 Å². The van der Waals surface area contributed by atoms with Gasteiger partial charge in [-0.15, -0.1) is 0 Å². The number of hydrogen-bond donors (Lipinski definition) is 0. The van der Waals surface area contributed by atoms with E-state index in [2.05, 4.69) is 39.5 Å². The summed E-state index contributed by atoms with van der Waals surface area (Å²) in [6.07, 6.45) is 30.6. The molecule has 0 aromatic rings. The van der Waals surface area contributed by atoms with Crippen LogP contribution in [0, 0.1) is 5.92 Å². The highest BCUT2D eigenvalue weighted by molar-refractivity contribution is 5.69. The molecule has 0 aliphatic carbocycles. The Bertz CT molecular complexity index is 882. The molecule has 0 fully saturated rings. The van der Waals surface area contributed by atoms with E-state index in [1.165, 1.54) is 116 Å². The number of carbonyl (C=O) groups is 3. The first-order valence-corrected chi connectivity index (χ1v) is 24.5. The minimum atomic E-state index is -0.776. The first-order chi connectivity index (χ1) is 28.4. The number of esters is 2. The van der Waals surface area contributed by atoms with Crippen molar-refractivity contribution in [3.8, 4) is 0 Å². The molecule has 58 heavy (non-hydrogen) atoms. The van der Waals surface area contributed by atoms with E-state index in [4.69, 9.17) is 28.4 Å². The lowest BCUT2D eigenvalue weighted by molar-refractivity contribution is -0.161. The van der Waals surface area contributed by atoms with E-state index in [1.54, 1.807) is 0 Å². The Morgan fingerprint density at radius 3 is 1.26 bits per heavy atom. The summed E-state index contributed by atoms with van der Waals surface area (Å²) >= 11 is 0. The Kier molecular flexibility index (Phi) is 43.2. The second-order valence-corrected chi connectivity index (χ2v) is 16.3. The highest BCUT2D eigenvalue weighted by Gasteiger charge is 2.20. The highest BCUT2D eigenvalue weighted by atomic mass is 16.7. The molecule has 1 unspecified atom stereocenters. The summed E-state index contributed by atoms with van der Waals surface area (Å²) in [5, 5.41) is 0. The van der Waals surface area contributed by atoms with Crippen molar-refractivity contribution >= 4 is 18.1 Å². The fraction of sp³-hybridized carbons (Fsp3) is 0.938. The molecule has 0 spiro atoms. The van der Waals surface area contributed by atoms with Crippen molar-refractivity contribution < 1.29 is 42.8 Å². The monoisotopic (exact) mass is 828 g/mol. The number of hydrogen-bond acceptors (Lipinski definition) is 10. The maximum atomic E-state index is 12.9. The molecule has 0 amide bonds. The number of ether oxygens (including phenoxy) is 6. The quantitative estimate of drug-likeness (QED) is 0.0255. The summed E-state index contributed by atoms with van der Waals surface area (Å²) in [5.41, 5.74) is 0. The van der Waals surface area contributed by atoms with Crippen LogP contribution < -0.4 is 0 Å². The predicted octanol–water partition coefficient (Wildman–Crippen LogP) is 12.9. The van der Waals surface area contributed by atoms with E-state index in [0.717, 1.165) is 64.6 Å². The molecule has 0 aliphatic rings. The highest BCUT2D eigenvalue weighted by Crippen LogP contribution is 2.15. The largest absolute Gasteiger partial charge is 0.508 e. The number of nitrogens with zero attached hydrogens (tertiary/aromatic N) is 1. The standard InChI is InChI=1S/C48H93NO9/c1-6-11-14-17-20-21-22-23-24-25-26-27-30-34-45(50)56-41-44(43-58-48(52)55-40-33-37-49(9-4)10-5)42-57-46(51)35-36-47(53-38-31-28-18-15-12-7-2)54-39-32-29-19-16-13-8-3/h44,47H,6-43H2,1-5H3. The van der Waals surface area contributed by atoms with Crippen molar-refractivity contribution in [3.05, 3.63) is 0 Å². The van der Waals surface area contributed by atoms with Gasteiger partial charge in [0.05, 0.1) is 18.9 Å². The topological polar surface area (TPSA) is 110 Å². The second kappa shape index (κ2) is 44.6. The summed E-state index contributed by atoms with van der Waals surface area (Å²) in [6.45, 7) is 15.0. The number of carbonyl (C=O) groups excluding carboxylic acids is 3. The van der Waals surface area contributed by atoms with Gasteiger partial charge < -0.3 is 33.3 Å². The van der Waals surface area contributed by atoms with E-state index in [9.17, 15) is 14.4 Å². The van der Waals surface area contributed by atoms with E-state index in [0.29, 0.717) is 32.5 Å². The lowest BCUT2D eigenvalue weighted by atomic mass is 10.0. The van der Waals surface area contributed by atoms with Crippen LogP contribution >= 0.6 is 0 Å². The molecule has 0 bridgehead atoms. The SMILES string of the molecule is CCCCCCCCCCCCCCCC(=O)OCC(COC(=O)CCC(OCCCCCCCC)OCCCCCCCC)COC(=O)OCCCN(CC)CC. The first kappa shape index (κ1) is 56.1. The molecule has 10 nitrogen and oxygen atoms in total. The van der Waals surface area contributed by atoms with Gasteiger partial charge in [0.25, 0.3) is 0 Å². The fourth-order valence-electron chi connectivity index (χ4n) is 6.85. The normalized spacial score (nSPS) is 12.0. The maximum absolute atomic E-state index is 12.9. The number of rotatable bonds is 45. The van der Waals surface area contributed by atoms with Gasteiger partial charge >= 0.3 is 18.1 Å². The zero-order valence-corrected chi connectivity index (χ0v) is 38.6. The van der Waals surface area contributed by atoms with Gasteiger partial charge in [0.15, 0.2) is 6.29 Å². The van der Waals surface area contributed by atoms with Crippen LogP contribution in [0.1, 0.15) is 221 Å². The minimum absolute atomic E-state index is 0.00877. The molecule has 344 valence electrons. The molecule has 0 saturated heterocycles. The smallest absolute Gasteiger partial charge is 0.465 e. The lowest BCUT2D eigenvalue weighted by Crippen LogP contribution is -2.28. The average Bonchev–Trinajstić information content (AvgIpc) is 3.23. The third-order valence-electron chi connectivity index (χ3n) is 10.8. The van der Waals surface area contributed by atoms with Crippen molar-refractivity contribution in [1.82, 2.24) is 4.90 Å². The third-order valence-corrected chi connectivity index (χ3v) is 10.8. The van der Waals surface area contributed by atoms with Gasteiger partial charge in [0.1, 0.15) is 19.8 Å². The molecule has 0 aliphatic heterocycles. The summed E-state index contributed by atoms with van der Waals surface area (Å²) in [4.78, 5) is 40.2. The molecule has 0 saturated carbocycles. The van der Waals surface area contributed by atoms with Crippen molar-refractivity contribution in [3.63, 3.8) is 0 Å². The van der Waals surface area contributed by atoms with Crippen LogP contribution in [-0.2, 0) is 38.0 Å². The Hall–Kier alpha value is -1.91. The van der Waals surface area contributed by atoms with Crippen LogP contribution in [0.4, 0.5) is 4.79 Å². The summed E-state index contributed by atoms with van der Waals surface area (Å²) in [7, 11) is 0. The van der Waals surface area contributed by atoms with Gasteiger partial charge in [-0.3, -0.25) is 9.59 Å². The minimum Gasteiger partial charge on any atom is -0.465 e. The van der Waals surface area contributed by atoms with Gasteiger partial charge in [0.2, 0.25) is 0 Å². The number of unbranched alkanes of at least 4 members (excludes halogenated alkanes) is 22. The van der Waals surface area contributed by atoms with E-state index < -0.39 is 24.3 Å². The summed E-state index contributed by atoms with van der Waals surface area (Å²) in [6, 6.07) is 0. The summed E-state index contributed by atoms with van der Waals surface area (Å²) < 4.78 is 34.1. The molecule has 10 heteroatoms. The van der Waals surface area contributed by atoms with Crippen molar-refractivity contribution in [2.45, 2.75) is 227 Å². The van der Waals surface area contributed by atoms with Crippen LogP contribution in [0.5, 0.6) is 0 Å². The molecule has 0 aromatic heterocycles. The van der Waals surface area contributed by atoms with Crippen molar-refractivity contribution in [2.75, 3.05) is 59.3 Å². The van der Waals surface area contributed by atoms with Gasteiger partial charge in [-0.1, -0.05) is 176 Å². The van der Waals surface area contributed by atoms with Gasteiger partial charge in [0, 0.05) is 32.6 Å². The molecule has 0 radical (unpaired) electrons.